The zero-order chi connectivity index (χ0) is 34.8. The number of carbonyl (C=O) groups excluding carboxylic acids is 3. The SMILES string of the molecule is CCCC(CCCCC(=O)NC1c2ccc(OCc3ccccc3)c(C(=O)OC)c2CCC1N)N(C(C)=O)c1ccc(S(C)(=O)=O)cc1. The van der Waals surface area contributed by atoms with Crippen LogP contribution in [0.15, 0.2) is 71.6 Å². The van der Waals surface area contributed by atoms with Gasteiger partial charge in [0, 0.05) is 37.4 Å². The second-order valence-electron chi connectivity index (χ2n) is 12.4. The number of nitrogens with one attached hydrogen (secondary N) is 1. The molecule has 0 aliphatic heterocycles. The molecule has 3 aromatic carbocycles. The van der Waals surface area contributed by atoms with Crippen LogP contribution in [0.3, 0.4) is 0 Å². The maximum Gasteiger partial charge on any atom is 0.341 e. The molecule has 1 aliphatic rings. The lowest BCUT2D eigenvalue weighted by atomic mass is 9.81. The number of hydrogen-bond acceptors (Lipinski definition) is 8. The third kappa shape index (κ3) is 9.23. The molecule has 3 unspecified atom stereocenters. The maximum absolute atomic E-state index is 13.2. The first-order valence-corrected chi connectivity index (χ1v) is 18.4. The number of unbranched alkanes of at least 4 members (excludes halogenated alkanes) is 1. The Morgan fingerprint density at radius 3 is 2.33 bits per heavy atom. The number of nitrogens with two attached hydrogens (primary N) is 1. The Hall–Kier alpha value is -4.22. The molecule has 0 fully saturated rings. The maximum atomic E-state index is 13.2. The summed E-state index contributed by atoms with van der Waals surface area (Å²) in [5, 5.41) is 3.11. The molecular weight excluding hydrogens is 630 g/mol. The second kappa shape index (κ2) is 16.7. The smallest absolute Gasteiger partial charge is 0.341 e. The summed E-state index contributed by atoms with van der Waals surface area (Å²) in [5.74, 6) is -0.331. The van der Waals surface area contributed by atoms with E-state index in [2.05, 4.69) is 12.2 Å². The van der Waals surface area contributed by atoms with E-state index in [-0.39, 0.29) is 35.2 Å². The number of hydrogen-bond donors (Lipinski definition) is 2. The Bertz CT molecular complexity index is 1680. The number of ether oxygens (including phenoxy) is 2. The summed E-state index contributed by atoms with van der Waals surface area (Å²) in [5.41, 5.74) is 10.1. The van der Waals surface area contributed by atoms with E-state index in [1.807, 2.05) is 36.4 Å². The van der Waals surface area contributed by atoms with Crippen molar-refractivity contribution in [3.63, 3.8) is 0 Å². The predicted molar refractivity (Wildman–Crippen MR) is 186 cm³/mol. The minimum atomic E-state index is -3.35. The van der Waals surface area contributed by atoms with E-state index >= 15 is 0 Å². The van der Waals surface area contributed by atoms with Crippen molar-refractivity contribution in [2.24, 2.45) is 5.73 Å². The van der Waals surface area contributed by atoms with Crippen LogP contribution in [-0.2, 0) is 37.2 Å². The molecule has 0 spiro atoms. The van der Waals surface area contributed by atoms with Crippen molar-refractivity contribution in [1.29, 1.82) is 0 Å². The number of amides is 2. The third-order valence-electron chi connectivity index (χ3n) is 8.81. The Kier molecular flexibility index (Phi) is 12.8. The summed E-state index contributed by atoms with van der Waals surface area (Å²) in [6.45, 7) is 3.86. The van der Waals surface area contributed by atoms with Crippen LogP contribution in [0, 0.1) is 0 Å². The Morgan fingerprint density at radius 1 is 1.00 bits per heavy atom. The van der Waals surface area contributed by atoms with Crippen molar-refractivity contribution >= 4 is 33.3 Å². The number of anilines is 1. The van der Waals surface area contributed by atoms with E-state index < -0.39 is 21.8 Å². The van der Waals surface area contributed by atoms with Crippen molar-refractivity contribution in [1.82, 2.24) is 5.32 Å². The van der Waals surface area contributed by atoms with Crippen molar-refractivity contribution < 1.29 is 32.3 Å². The summed E-state index contributed by atoms with van der Waals surface area (Å²) in [4.78, 5) is 40.9. The highest BCUT2D eigenvalue weighted by Crippen LogP contribution is 2.37. The first-order chi connectivity index (χ1) is 22.9. The second-order valence-corrected chi connectivity index (χ2v) is 14.4. The zero-order valence-electron chi connectivity index (χ0n) is 28.2. The van der Waals surface area contributed by atoms with Crippen molar-refractivity contribution in [2.75, 3.05) is 18.3 Å². The molecule has 2 amide bonds. The fraction of sp³-hybridized carbons (Fsp3) is 0.432. The van der Waals surface area contributed by atoms with Crippen LogP contribution in [-0.4, -0.2) is 51.7 Å². The normalized spacial score (nSPS) is 16.4. The van der Waals surface area contributed by atoms with Gasteiger partial charge in [-0.25, -0.2) is 13.2 Å². The Balaban J connectivity index is 1.41. The molecule has 0 saturated heterocycles. The van der Waals surface area contributed by atoms with Crippen molar-refractivity contribution in [2.45, 2.75) is 94.8 Å². The quantitative estimate of drug-likeness (QED) is 0.155. The average Bonchev–Trinajstić information content (AvgIpc) is 3.06. The monoisotopic (exact) mass is 677 g/mol. The minimum Gasteiger partial charge on any atom is -0.488 e. The standard InChI is InChI=1S/C37H47N3O7S/c1-5-11-27(40(25(2)41)28-16-18-29(19-17-28)48(4,44)45)14-9-10-15-34(42)39-36-31-21-23-33(47-24-26-12-7-6-8-13-26)35(37(43)46-3)30(31)20-22-32(36)38/h6-8,12-13,16-19,21,23,27,32,36H,5,9-11,14-15,20,22,24,38H2,1-4H3,(H,39,42). The van der Waals surface area contributed by atoms with Gasteiger partial charge in [-0.2, -0.15) is 0 Å². The summed E-state index contributed by atoms with van der Waals surface area (Å²) in [6, 6.07) is 18.8. The molecule has 3 aromatic rings. The molecule has 48 heavy (non-hydrogen) atoms. The van der Waals surface area contributed by atoms with Gasteiger partial charge in [0.05, 0.1) is 18.0 Å². The largest absolute Gasteiger partial charge is 0.488 e. The summed E-state index contributed by atoms with van der Waals surface area (Å²) >= 11 is 0. The molecule has 0 heterocycles. The lowest BCUT2D eigenvalue weighted by Crippen LogP contribution is -2.44. The van der Waals surface area contributed by atoms with E-state index in [0.29, 0.717) is 55.7 Å². The van der Waals surface area contributed by atoms with Gasteiger partial charge in [-0.1, -0.05) is 56.2 Å². The Morgan fingerprint density at radius 2 is 1.71 bits per heavy atom. The van der Waals surface area contributed by atoms with Crippen LogP contribution in [0.1, 0.15) is 91.9 Å². The van der Waals surface area contributed by atoms with Crippen LogP contribution >= 0.6 is 0 Å². The molecule has 10 nitrogen and oxygen atoms in total. The fourth-order valence-corrected chi connectivity index (χ4v) is 7.06. The van der Waals surface area contributed by atoms with Gasteiger partial charge in [0.25, 0.3) is 0 Å². The highest BCUT2D eigenvalue weighted by atomic mass is 32.2. The highest BCUT2D eigenvalue weighted by Gasteiger charge is 2.33. The minimum absolute atomic E-state index is 0.0895. The number of carbonyl (C=O) groups is 3. The number of fused-ring (bicyclic) bond motifs is 1. The van der Waals surface area contributed by atoms with Crippen LogP contribution in [0.5, 0.6) is 5.75 Å². The summed E-state index contributed by atoms with van der Waals surface area (Å²) in [7, 11) is -2.01. The molecule has 0 saturated carbocycles. The molecule has 3 atom stereocenters. The lowest BCUT2D eigenvalue weighted by Gasteiger charge is -2.33. The molecule has 0 bridgehead atoms. The third-order valence-corrected chi connectivity index (χ3v) is 9.93. The number of rotatable bonds is 15. The van der Waals surface area contributed by atoms with Crippen LogP contribution in [0.25, 0.3) is 0 Å². The Labute approximate surface area is 283 Å². The van der Waals surface area contributed by atoms with E-state index in [1.54, 1.807) is 23.1 Å². The van der Waals surface area contributed by atoms with Gasteiger partial charge >= 0.3 is 5.97 Å². The highest BCUT2D eigenvalue weighted by molar-refractivity contribution is 7.90. The van der Waals surface area contributed by atoms with Crippen LogP contribution < -0.4 is 20.7 Å². The number of benzene rings is 3. The van der Waals surface area contributed by atoms with E-state index in [0.717, 1.165) is 35.8 Å². The molecule has 258 valence electrons. The first-order valence-electron chi connectivity index (χ1n) is 16.5. The molecule has 11 heteroatoms. The lowest BCUT2D eigenvalue weighted by molar-refractivity contribution is -0.122. The molecule has 1 aliphatic carbocycles. The van der Waals surface area contributed by atoms with E-state index in [4.69, 9.17) is 15.2 Å². The summed E-state index contributed by atoms with van der Waals surface area (Å²) < 4.78 is 35.0. The molecule has 3 N–H and O–H groups in total. The fourth-order valence-electron chi connectivity index (χ4n) is 6.43. The van der Waals surface area contributed by atoms with Crippen molar-refractivity contribution in [3.05, 3.63) is 89.0 Å². The molecule has 0 aromatic heterocycles. The number of esters is 1. The van der Waals surface area contributed by atoms with Gasteiger partial charge < -0.3 is 25.4 Å². The van der Waals surface area contributed by atoms with Gasteiger partial charge in [-0.05, 0) is 79.1 Å². The predicted octanol–water partition coefficient (Wildman–Crippen LogP) is 5.67. The summed E-state index contributed by atoms with van der Waals surface area (Å²) in [6.07, 6.45) is 6.21. The number of sulfone groups is 1. The van der Waals surface area contributed by atoms with E-state index in [9.17, 15) is 22.8 Å². The van der Waals surface area contributed by atoms with Gasteiger partial charge in [0.15, 0.2) is 9.84 Å². The van der Waals surface area contributed by atoms with Gasteiger partial charge in [0.2, 0.25) is 11.8 Å². The topological polar surface area (TPSA) is 145 Å². The average molecular weight is 678 g/mol. The first kappa shape index (κ1) is 36.6. The van der Waals surface area contributed by atoms with Gasteiger partial charge in [-0.3, -0.25) is 9.59 Å². The number of methoxy groups -OCH3 is 1. The molecular formula is C37H47N3O7S. The van der Waals surface area contributed by atoms with Crippen LogP contribution in [0.4, 0.5) is 5.69 Å². The zero-order valence-corrected chi connectivity index (χ0v) is 29.1. The number of nitrogens with zero attached hydrogens (tertiary/aromatic N) is 1. The van der Waals surface area contributed by atoms with E-state index in [1.165, 1.54) is 26.2 Å². The van der Waals surface area contributed by atoms with Crippen LogP contribution in [0.2, 0.25) is 0 Å². The molecule has 0 radical (unpaired) electrons. The van der Waals surface area contributed by atoms with Gasteiger partial charge in [-0.15, -0.1) is 0 Å². The molecule has 4 rings (SSSR count). The van der Waals surface area contributed by atoms with Crippen molar-refractivity contribution in [3.8, 4) is 5.75 Å². The van der Waals surface area contributed by atoms with Gasteiger partial charge in [0.1, 0.15) is 17.9 Å².